The summed E-state index contributed by atoms with van der Waals surface area (Å²) < 4.78 is 11.2. The lowest BCUT2D eigenvalue weighted by molar-refractivity contribution is -0.139. The summed E-state index contributed by atoms with van der Waals surface area (Å²) in [5.74, 6) is -0.559. The van der Waals surface area contributed by atoms with E-state index in [1.807, 2.05) is 34.6 Å². The molecule has 0 aliphatic heterocycles. The van der Waals surface area contributed by atoms with Crippen LogP contribution in [0.15, 0.2) is 4.52 Å². The fraction of sp³-hybridized carbons (Fsp3) is 0.800. The van der Waals surface area contributed by atoms with E-state index in [1.54, 1.807) is 0 Å². The van der Waals surface area contributed by atoms with Crippen molar-refractivity contribution in [3.63, 3.8) is 0 Å². The van der Waals surface area contributed by atoms with Gasteiger partial charge in [-0.25, -0.2) is 0 Å². The molecule has 1 aliphatic carbocycles. The van der Waals surface area contributed by atoms with Crippen LogP contribution >= 0.6 is 0 Å². The van der Waals surface area contributed by atoms with Gasteiger partial charge in [0.2, 0.25) is 11.7 Å². The molecular weight excluding hydrogens is 272 g/mol. The number of hydrogen-bond donors (Lipinski definition) is 1. The summed E-state index contributed by atoms with van der Waals surface area (Å²) in [6.07, 6.45) is 1.49. The van der Waals surface area contributed by atoms with Crippen LogP contribution in [0.25, 0.3) is 0 Å². The molecule has 0 bridgehead atoms. The third-order valence-corrected chi connectivity index (χ3v) is 4.77. The Morgan fingerprint density at radius 1 is 1.38 bits per heavy atom. The number of aliphatic carboxylic acids is 1. The molecule has 1 aromatic rings. The summed E-state index contributed by atoms with van der Waals surface area (Å²) in [4.78, 5) is 15.7. The molecule has 21 heavy (non-hydrogen) atoms. The summed E-state index contributed by atoms with van der Waals surface area (Å²) in [5, 5.41) is 13.3. The maximum Gasteiger partial charge on any atom is 0.307 e. The van der Waals surface area contributed by atoms with Crippen molar-refractivity contribution < 1.29 is 19.2 Å². The zero-order chi connectivity index (χ0) is 15.8. The topological polar surface area (TPSA) is 85.5 Å². The summed E-state index contributed by atoms with van der Waals surface area (Å²) >= 11 is 0. The molecule has 0 aromatic carbocycles. The van der Waals surface area contributed by atoms with Gasteiger partial charge in [0.1, 0.15) is 5.60 Å². The lowest BCUT2D eigenvalue weighted by Gasteiger charge is -2.27. The molecule has 2 atom stereocenters. The number of carboxylic acid groups (broad SMARTS) is 1. The lowest BCUT2D eigenvalue weighted by atomic mass is 9.96. The van der Waals surface area contributed by atoms with Gasteiger partial charge in [-0.05, 0) is 25.2 Å². The Kier molecular flexibility index (Phi) is 4.10. The van der Waals surface area contributed by atoms with Crippen molar-refractivity contribution in [3.05, 3.63) is 11.7 Å². The van der Waals surface area contributed by atoms with Gasteiger partial charge < -0.3 is 14.4 Å². The van der Waals surface area contributed by atoms with Crippen molar-refractivity contribution >= 4 is 5.97 Å². The Balaban J connectivity index is 2.28. The number of nitrogens with zero attached hydrogens (tertiary/aromatic N) is 2. The van der Waals surface area contributed by atoms with E-state index in [9.17, 15) is 9.90 Å². The minimum atomic E-state index is -0.813. The second-order valence-electron chi connectivity index (χ2n) is 6.21. The van der Waals surface area contributed by atoms with Crippen LogP contribution in [0, 0.1) is 11.3 Å². The maximum atomic E-state index is 11.3. The van der Waals surface area contributed by atoms with Crippen molar-refractivity contribution in [2.45, 2.75) is 59.0 Å². The van der Waals surface area contributed by atoms with Crippen LogP contribution in [-0.2, 0) is 15.1 Å². The molecule has 6 heteroatoms. The summed E-state index contributed by atoms with van der Waals surface area (Å²) in [7, 11) is 0. The summed E-state index contributed by atoms with van der Waals surface area (Å²) in [6, 6.07) is 0. The predicted octanol–water partition coefficient (Wildman–Crippen LogP) is 2.95. The highest BCUT2D eigenvalue weighted by molar-refractivity contribution is 5.77. The summed E-state index contributed by atoms with van der Waals surface area (Å²) in [6.45, 7) is 10.4. The van der Waals surface area contributed by atoms with Crippen molar-refractivity contribution in [1.82, 2.24) is 10.1 Å². The van der Waals surface area contributed by atoms with Gasteiger partial charge in [-0.15, -0.1) is 0 Å². The van der Waals surface area contributed by atoms with E-state index in [0.29, 0.717) is 18.3 Å². The standard InChI is InChI=1S/C15H24N2O4/c1-6-15(7-2,20-8-3)13-16-11(21-17-13)9-10(12(18)19)14(9,4)5/h9-10H,6-8H2,1-5H3,(H,18,19). The van der Waals surface area contributed by atoms with Crippen LogP contribution in [0.5, 0.6) is 0 Å². The van der Waals surface area contributed by atoms with Gasteiger partial charge in [0.05, 0.1) is 11.8 Å². The first-order chi connectivity index (χ1) is 9.84. The monoisotopic (exact) mass is 296 g/mol. The molecule has 2 unspecified atom stereocenters. The Bertz CT molecular complexity index is 519. The number of carbonyl (C=O) groups is 1. The van der Waals surface area contributed by atoms with Crippen molar-refractivity contribution in [2.75, 3.05) is 6.61 Å². The smallest absolute Gasteiger partial charge is 0.307 e. The molecule has 2 rings (SSSR count). The van der Waals surface area contributed by atoms with Crippen molar-refractivity contribution in [1.29, 1.82) is 0 Å². The van der Waals surface area contributed by atoms with Crippen molar-refractivity contribution in [3.8, 4) is 0 Å². The zero-order valence-electron chi connectivity index (χ0n) is 13.3. The van der Waals surface area contributed by atoms with Crippen LogP contribution in [-0.4, -0.2) is 27.8 Å². The maximum absolute atomic E-state index is 11.3. The Morgan fingerprint density at radius 2 is 2.00 bits per heavy atom. The highest BCUT2D eigenvalue weighted by atomic mass is 16.5. The van der Waals surface area contributed by atoms with E-state index in [2.05, 4.69) is 10.1 Å². The second kappa shape index (κ2) is 5.40. The number of hydrogen-bond acceptors (Lipinski definition) is 5. The normalized spacial score (nSPS) is 24.0. The number of carboxylic acids is 1. The highest BCUT2D eigenvalue weighted by Gasteiger charge is 2.65. The summed E-state index contributed by atoms with van der Waals surface area (Å²) in [5.41, 5.74) is -0.892. The molecule has 0 saturated heterocycles. The van der Waals surface area contributed by atoms with Gasteiger partial charge in [0.25, 0.3) is 0 Å². The van der Waals surface area contributed by atoms with E-state index in [1.165, 1.54) is 0 Å². The number of ether oxygens (including phenoxy) is 1. The van der Waals surface area contributed by atoms with Gasteiger partial charge in [-0.1, -0.05) is 32.9 Å². The van der Waals surface area contributed by atoms with E-state index < -0.39 is 17.5 Å². The number of aromatic nitrogens is 2. The molecule has 6 nitrogen and oxygen atoms in total. The molecule has 1 aliphatic rings. The molecule has 118 valence electrons. The quantitative estimate of drug-likeness (QED) is 0.832. The first-order valence-electron chi connectivity index (χ1n) is 7.54. The van der Waals surface area contributed by atoms with Gasteiger partial charge in [-0.3, -0.25) is 4.79 Å². The first kappa shape index (κ1) is 15.9. The molecule has 0 amide bonds. The number of rotatable bonds is 7. The fourth-order valence-electron chi connectivity index (χ4n) is 3.22. The van der Waals surface area contributed by atoms with Gasteiger partial charge in [-0.2, -0.15) is 4.98 Å². The third-order valence-electron chi connectivity index (χ3n) is 4.77. The van der Waals surface area contributed by atoms with Crippen LogP contribution in [0.3, 0.4) is 0 Å². The molecular formula is C15H24N2O4. The van der Waals surface area contributed by atoms with Gasteiger partial charge in [0.15, 0.2) is 0 Å². The van der Waals surface area contributed by atoms with E-state index in [0.717, 1.165) is 12.8 Å². The molecule has 0 spiro atoms. The Hall–Kier alpha value is -1.43. The third kappa shape index (κ3) is 2.46. The first-order valence-corrected chi connectivity index (χ1v) is 7.54. The molecule has 1 N–H and O–H groups in total. The van der Waals surface area contributed by atoms with Gasteiger partial charge in [0, 0.05) is 6.61 Å². The Morgan fingerprint density at radius 3 is 2.43 bits per heavy atom. The van der Waals surface area contributed by atoms with Crippen molar-refractivity contribution in [2.24, 2.45) is 11.3 Å². The highest BCUT2D eigenvalue weighted by Crippen LogP contribution is 2.64. The average molecular weight is 296 g/mol. The molecule has 1 heterocycles. The van der Waals surface area contributed by atoms with E-state index in [4.69, 9.17) is 9.26 Å². The largest absolute Gasteiger partial charge is 0.481 e. The fourth-order valence-corrected chi connectivity index (χ4v) is 3.22. The van der Waals surface area contributed by atoms with Crippen LogP contribution in [0.1, 0.15) is 65.1 Å². The Labute approximate surface area is 124 Å². The molecule has 1 fully saturated rings. The minimum Gasteiger partial charge on any atom is -0.481 e. The molecule has 0 radical (unpaired) electrons. The molecule has 1 saturated carbocycles. The van der Waals surface area contributed by atoms with Crippen LogP contribution < -0.4 is 0 Å². The van der Waals surface area contributed by atoms with Crippen LogP contribution in [0.2, 0.25) is 0 Å². The van der Waals surface area contributed by atoms with Crippen LogP contribution in [0.4, 0.5) is 0 Å². The SMILES string of the molecule is CCOC(CC)(CC)c1noc(C2C(C(=O)O)C2(C)C)n1. The molecule has 1 aromatic heterocycles. The van der Waals surface area contributed by atoms with E-state index >= 15 is 0 Å². The predicted molar refractivity (Wildman–Crippen MR) is 75.8 cm³/mol. The zero-order valence-corrected chi connectivity index (χ0v) is 13.3. The van der Waals surface area contributed by atoms with E-state index in [-0.39, 0.29) is 11.3 Å². The lowest BCUT2D eigenvalue weighted by Crippen LogP contribution is -2.29. The minimum absolute atomic E-state index is 0.218. The van der Waals surface area contributed by atoms with Gasteiger partial charge >= 0.3 is 5.97 Å². The average Bonchev–Trinajstić information content (AvgIpc) is 2.80. The second-order valence-corrected chi connectivity index (χ2v) is 6.21.